The van der Waals surface area contributed by atoms with E-state index >= 15 is 0 Å². The molecule has 0 bridgehead atoms. The van der Waals surface area contributed by atoms with Crippen molar-refractivity contribution in [3.63, 3.8) is 0 Å². The molecule has 0 saturated heterocycles. The lowest BCUT2D eigenvalue weighted by atomic mass is 10.2. The molecule has 1 aromatic heterocycles. The molecule has 0 aliphatic carbocycles. The summed E-state index contributed by atoms with van der Waals surface area (Å²) in [7, 11) is -3.08. The van der Waals surface area contributed by atoms with Crippen LogP contribution in [0.1, 0.15) is 0 Å². The summed E-state index contributed by atoms with van der Waals surface area (Å²) in [6.07, 6.45) is 0. The summed E-state index contributed by atoms with van der Waals surface area (Å²) < 4.78 is 37.9. The highest BCUT2D eigenvalue weighted by atomic mass is 79.9. The van der Waals surface area contributed by atoms with Crippen LogP contribution in [0, 0.1) is 0 Å². The number of halogens is 2. The van der Waals surface area contributed by atoms with E-state index in [-0.39, 0.29) is 0 Å². The minimum atomic E-state index is -4.67. The molecule has 1 heterocycles. The highest BCUT2D eigenvalue weighted by Gasteiger charge is 2.09. The fraction of sp³-hybridized carbons (Fsp3) is 0.111. The highest BCUT2D eigenvalue weighted by Crippen LogP contribution is 2.24. The third-order valence-electron chi connectivity index (χ3n) is 1.99. The molecular weight excluding hydrogens is 436 g/mol. The van der Waals surface area contributed by atoms with E-state index in [0.29, 0.717) is 26.3 Å². The summed E-state index contributed by atoms with van der Waals surface area (Å²) in [5, 5.41) is 8.30. The summed E-state index contributed by atoms with van der Waals surface area (Å²) in [6, 6.07) is 5.32. The lowest BCUT2D eigenvalue weighted by Gasteiger charge is -2.06. The van der Waals surface area contributed by atoms with Crippen LogP contribution in [0.3, 0.4) is 0 Å². The zero-order chi connectivity index (χ0) is 16.2. The predicted molar refractivity (Wildman–Crippen MR) is 81.9 cm³/mol. The first kappa shape index (κ1) is 17.8. The zero-order valence-corrected chi connectivity index (χ0v) is 14.4. The van der Waals surface area contributed by atoms with Gasteiger partial charge in [0.15, 0.2) is 9.21 Å². The van der Waals surface area contributed by atoms with E-state index in [2.05, 4.69) is 42.1 Å². The van der Waals surface area contributed by atoms with Crippen molar-refractivity contribution >= 4 is 47.9 Å². The van der Waals surface area contributed by atoms with E-state index in [0.717, 1.165) is 0 Å². The molecule has 0 aliphatic rings. The minimum absolute atomic E-state index is 0.550. The van der Waals surface area contributed by atoms with Crippen LogP contribution in [0.2, 0.25) is 0 Å². The van der Waals surface area contributed by atoms with E-state index in [9.17, 15) is 0 Å². The molecule has 1 aromatic carbocycles. The first-order chi connectivity index (χ1) is 9.61. The fourth-order valence-corrected chi connectivity index (χ4v) is 1.68. The SMILES string of the molecule is COc1ccc(-n2nc(Br)c(Br)n2)c(N)c1.O=S(=O)(O)O. The minimum Gasteiger partial charge on any atom is -0.497 e. The first-order valence-electron chi connectivity index (χ1n) is 5.04. The number of hydrogen-bond acceptors (Lipinski definition) is 6. The lowest BCUT2D eigenvalue weighted by Crippen LogP contribution is -2.03. The number of nitrogen functional groups attached to an aromatic ring is 1. The molecule has 116 valence electrons. The summed E-state index contributed by atoms with van der Waals surface area (Å²) in [5.41, 5.74) is 7.13. The standard InChI is InChI=1S/C9H8Br2N4O.H2O4S/c1-16-5-2-3-7(6(12)4-5)15-13-8(10)9(11)14-15;1-5(2,3)4/h2-4H,12H2,1H3;(H2,1,2,3,4). The molecule has 2 rings (SSSR count). The van der Waals surface area contributed by atoms with Gasteiger partial charge in [0.25, 0.3) is 0 Å². The van der Waals surface area contributed by atoms with Crippen LogP contribution < -0.4 is 10.5 Å². The van der Waals surface area contributed by atoms with Crippen molar-refractivity contribution in [1.29, 1.82) is 0 Å². The predicted octanol–water partition coefficient (Wildman–Crippen LogP) is 1.73. The zero-order valence-electron chi connectivity index (χ0n) is 10.4. The number of rotatable bonds is 2. The van der Waals surface area contributed by atoms with Gasteiger partial charge in [-0.15, -0.1) is 15.0 Å². The molecule has 9 nitrogen and oxygen atoms in total. The van der Waals surface area contributed by atoms with Crippen molar-refractivity contribution in [2.24, 2.45) is 0 Å². The monoisotopic (exact) mass is 444 g/mol. The maximum absolute atomic E-state index is 8.74. The summed E-state index contributed by atoms with van der Waals surface area (Å²) in [5.74, 6) is 0.700. The van der Waals surface area contributed by atoms with Gasteiger partial charge in [-0.2, -0.15) is 8.42 Å². The van der Waals surface area contributed by atoms with Gasteiger partial charge in [0.05, 0.1) is 12.8 Å². The van der Waals surface area contributed by atoms with Crippen molar-refractivity contribution in [2.75, 3.05) is 12.8 Å². The van der Waals surface area contributed by atoms with Gasteiger partial charge in [0.2, 0.25) is 0 Å². The number of aromatic nitrogens is 3. The topological polar surface area (TPSA) is 141 Å². The average molecular weight is 446 g/mol. The van der Waals surface area contributed by atoms with Crippen LogP contribution in [0.15, 0.2) is 27.4 Å². The second-order valence-corrected chi connectivity index (χ2v) is 5.84. The molecule has 4 N–H and O–H groups in total. The maximum Gasteiger partial charge on any atom is 0.394 e. The highest BCUT2D eigenvalue weighted by molar-refractivity contribution is 9.13. The maximum atomic E-state index is 8.74. The molecule has 21 heavy (non-hydrogen) atoms. The van der Waals surface area contributed by atoms with Crippen LogP contribution in [0.5, 0.6) is 5.75 Å². The Morgan fingerprint density at radius 1 is 1.24 bits per heavy atom. The van der Waals surface area contributed by atoms with Gasteiger partial charge in [-0.3, -0.25) is 9.11 Å². The number of anilines is 1. The summed E-state index contributed by atoms with van der Waals surface area (Å²) in [4.78, 5) is 1.45. The van der Waals surface area contributed by atoms with Gasteiger partial charge >= 0.3 is 10.4 Å². The Morgan fingerprint density at radius 2 is 1.71 bits per heavy atom. The van der Waals surface area contributed by atoms with Crippen molar-refractivity contribution in [3.8, 4) is 11.4 Å². The Bertz CT molecular complexity index is 706. The first-order valence-corrected chi connectivity index (χ1v) is 8.02. The molecule has 0 saturated carbocycles. The van der Waals surface area contributed by atoms with E-state index in [1.54, 1.807) is 25.3 Å². The average Bonchev–Trinajstić information content (AvgIpc) is 2.67. The number of methoxy groups -OCH3 is 1. The molecule has 0 spiro atoms. The number of benzene rings is 1. The Morgan fingerprint density at radius 3 is 2.10 bits per heavy atom. The van der Waals surface area contributed by atoms with Crippen molar-refractivity contribution in [3.05, 3.63) is 27.4 Å². The Balaban J connectivity index is 0.000000383. The normalized spacial score (nSPS) is 10.7. The van der Waals surface area contributed by atoms with Crippen LogP contribution in [-0.2, 0) is 10.4 Å². The lowest BCUT2D eigenvalue weighted by molar-refractivity contribution is 0.381. The molecule has 0 amide bonds. The number of ether oxygens (including phenoxy) is 1. The fourth-order valence-electron chi connectivity index (χ4n) is 1.22. The van der Waals surface area contributed by atoms with Gasteiger partial charge in [-0.05, 0) is 44.0 Å². The smallest absolute Gasteiger partial charge is 0.394 e. The summed E-state index contributed by atoms with van der Waals surface area (Å²) >= 11 is 6.52. The van der Waals surface area contributed by atoms with Crippen LogP contribution in [-0.4, -0.2) is 39.6 Å². The Labute approximate surface area is 136 Å². The van der Waals surface area contributed by atoms with E-state index in [4.69, 9.17) is 28.0 Å². The van der Waals surface area contributed by atoms with Crippen LogP contribution in [0.4, 0.5) is 5.69 Å². The van der Waals surface area contributed by atoms with E-state index < -0.39 is 10.4 Å². The third-order valence-corrected chi connectivity index (χ3v) is 3.59. The van der Waals surface area contributed by atoms with Gasteiger partial charge in [-0.1, -0.05) is 0 Å². The number of nitrogens with two attached hydrogens (primary N) is 1. The van der Waals surface area contributed by atoms with Gasteiger partial charge in [0.1, 0.15) is 11.4 Å². The number of hydrogen-bond donors (Lipinski definition) is 3. The summed E-state index contributed by atoms with van der Waals surface area (Å²) in [6.45, 7) is 0. The molecule has 0 atom stereocenters. The van der Waals surface area contributed by atoms with E-state index in [1.165, 1.54) is 4.80 Å². The Kier molecular flexibility index (Phi) is 6.10. The van der Waals surface area contributed by atoms with Crippen molar-refractivity contribution < 1.29 is 22.3 Å². The number of nitrogens with zero attached hydrogens (tertiary/aromatic N) is 3. The molecule has 2 aromatic rings. The Hall–Kier alpha value is -1.21. The second kappa shape index (κ2) is 7.17. The molecule has 0 aliphatic heterocycles. The largest absolute Gasteiger partial charge is 0.497 e. The quantitative estimate of drug-likeness (QED) is 0.468. The third kappa shape index (κ3) is 5.97. The van der Waals surface area contributed by atoms with Crippen molar-refractivity contribution in [1.82, 2.24) is 15.0 Å². The van der Waals surface area contributed by atoms with Gasteiger partial charge in [0, 0.05) is 6.07 Å². The van der Waals surface area contributed by atoms with E-state index in [1.807, 2.05) is 0 Å². The van der Waals surface area contributed by atoms with Crippen LogP contribution >= 0.6 is 31.9 Å². The van der Waals surface area contributed by atoms with Gasteiger partial charge < -0.3 is 10.5 Å². The molecule has 12 heteroatoms. The van der Waals surface area contributed by atoms with Crippen LogP contribution in [0.25, 0.3) is 5.69 Å². The molecular formula is C9H10Br2N4O5S. The molecule has 0 fully saturated rings. The second-order valence-electron chi connectivity index (χ2n) is 3.44. The van der Waals surface area contributed by atoms with Crippen molar-refractivity contribution in [2.45, 2.75) is 0 Å². The molecule has 0 radical (unpaired) electrons. The van der Waals surface area contributed by atoms with Gasteiger partial charge in [-0.25, -0.2) is 0 Å². The molecule has 0 unspecified atom stereocenters.